The first kappa shape index (κ1) is 22.6. The second kappa shape index (κ2) is 9.51. The molecule has 1 aromatic carbocycles. The highest BCUT2D eigenvalue weighted by atomic mass is 19.4. The number of nitrogens with zero attached hydrogens (tertiary/aromatic N) is 3. The average molecular weight is 450 g/mol. The molecule has 0 unspecified atom stereocenters. The zero-order chi connectivity index (χ0) is 22.7. The number of halogens is 3. The molecule has 0 spiro atoms. The molecule has 4 rings (SSSR count). The van der Waals surface area contributed by atoms with E-state index in [2.05, 4.69) is 32.3 Å². The quantitative estimate of drug-likeness (QED) is 0.670. The molecule has 32 heavy (non-hydrogen) atoms. The van der Waals surface area contributed by atoms with Gasteiger partial charge in [0.1, 0.15) is 5.69 Å². The topological polar surface area (TPSA) is 87.6 Å². The van der Waals surface area contributed by atoms with E-state index in [1.54, 1.807) is 0 Å². The van der Waals surface area contributed by atoms with Crippen LogP contribution in [-0.4, -0.2) is 64.8 Å². The monoisotopic (exact) mass is 450 g/mol. The van der Waals surface area contributed by atoms with Crippen molar-refractivity contribution in [3.8, 4) is 0 Å². The number of fused-ring (bicyclic) bond motifs is 1. The highest BCUT2D eigenvalue weighted by molar-refractivity contribution is 5.92. The summed E-state index contributed by atoms with van der Waals surface area (Å²) in [4.78, 5) is 21.6. The van der Waals surface area contributed by atoms with E-state index in [1.807, 2.05) is 12.1 Å². The number of aliphatic hydroxyl groups is 1. The highest BCUT2D eigenvalue weighted by Gasteiger charge is 2.36. The zero-order valence-corrected chi connectivity index (χ0v) is 17.4. The Balaban J connectivity index is 1.35. The van der Waals surface area contributed by atoms with Crippen LogP contribution in [0, 0.1) is 5.92 Å². The Hall–Kier alpha value is -2.56. The summed E-state index contributed by atoms with van der Waals surface area (Å²) < 4.78 is 44.6. The molecule has 1 fully saturated rings. The molecule has 3 heterocycles. The standard InChI is InChI=1S/C22H25F3N4O3/c23-22(24,25)21-27-17(7-14-12-32-13-14)8-19(28-21)20(31)26-9-18(30)11-29-6-5-15-3-1-2-4-16(15)10-29/h1-4,8,14,18,30H,5-7,9-13H2,(H,26,31)/t18-/m0/s1. The van der Waals surface area contributed by atoms with E-state index in [0.29, 0.717) is 26.3 Å². The number of β-amino-alcohol motifs (C(OH)–C–C–N with tert-alkyl or cyclic N) is 1. The van der Waals surface area contributed by atoms with Crippen molar-refractivity contribution in [2.45, 2.75) is 31.7 Å². The van der Waals surface area contributed by atoms with Crippen LogP contribution in [0.3, 0.4) is 0 Å². The van der Waals surface area contributed by atoms with Crippen molar-refractivity contribution in [3.05, 3.63) is 58.7 Å². The van der Waals surface area contributed by atoms with Gasteiger partial charge in [-0.15, -0.1) is 0 Å². The maximum Gasteiger partial charge on any atom is 0.451 e. The summed E-state index contributed by atoms with van der Waals surface area (Å²) in [5.41, 5.74) is 2.29. The lowest BCUT2D eigenvalue weighted by molar-refractivity contribution is -0.145. The third-order valence-electron chi connectivity index (χ3n) is 5.65. The molecule has 1 amide bonds. The molecule has 0 aliphatic carbocycles. The number of aromatic nitrogens is 2. The van der Waals surface area contributed by atoms with Crippen molar-refractivity contribution in [2.75, 3.05) is 32.8 Å². The molecule has 0 saturated carbocycles. The SMILES string of the molecule is O=C(NC[C@H](O)CN1CCc2ccccc2C1)c1cc(CC2COC2)nc(C(F)(F)F)n1. The van der Waals surface area contributed by atoms with Gasteiger partial charge < -0.3 is 15.2 Å². The summed E-state index contributed by atoms with van der Waals surface area (Å²) >= 11 is 0. The Morgan fingerprint density at radius 1 is 1.25 bits per heavy atom. The van der Waals surface area contributed by atoms with E-state index in [4.69, 9.17) is 4.74 Å². The van der Waals surface area contributed by atoms with E-state index >= 15 is 0 Å². The third-order valence-corrected chi connectivity index (χ3v) is 5.65. The first-order chi connectivity index (χ1) is 15.3. The van der Waals surface area contributed by atoms with E-state index < -0.39 is 24.0 Å². The number of alkyl halides is 3. The van der Waals surface area contributed by atoms with Crippen LogP contribution in [0.25, 0.3) is 0 Å². The number of amides is 1. The van der Waals surface area contributed by atoms with Gasteiger partial charge in [0.25, 0.3) is 5.91 Å². The van der Waals surface area contributed by atoms with Crippen molar-refractivity contribution >= 4 is 5.91 Å². The van der Waals surface area contributed by atoms with Gasteiger partial charge in [0.2, 0.25) is 5.82 Å². The van der Waals surface area contributed by atoms with E-state index in [-0.39, 0.29) is 30.3 Å². The highest BCUT2D eigenvalue weighted by Crippen LogP contribution is 2.27. The maximum atomic E-state index is 13.2. The number of ether oxygens (including phenoxy) is 1. The summed E-state index contributed by atoms with van der Waals surface area (Å²) in [5.74, 6) is -2.03. The molecule has 2 aliphatic heterocycles. The molecular weight excluding hydrogens is 425 g/mol. The molecule has 2 aromatic rings. The largest absolute Gasteiger partial charge is 0.451 e. The van der Waals surface area contributed by atoms with Crippen LogP contribution in [0.4, 0.5) is 13.2 Å². The third kappa shape index (κ3) is 5.62. The number of hydrogen-bond acceptors (Lipinski definition) is 6. The Labute approximate surface area is 183 Å². The molecule has 7 nitrogen and oxygen atoms in total. The van der Waals surface area contributed by atoms with E-state index in [1.165, 1.54) is 17.2 Å². The van der Waals surface area contributed by atoms with Gasteiger partial charge in [-0.25, -0.2) is 9.97 Å². The van der Waals surface area contributed by atoms with E-state index in [0.717, 1.165) is 13.0 Å². The molecular formula is C22H25F3N4O3. The molecule has 10 heteroatoms. The van der Waals surface area contributed by atoms with Gasteiger partial charge in [0, 0.05) is 37.8 Å². The lowest BCUT2D eigenvalue weighted by atomic mass is 10.00. The predicted molar refractivity (Wildman–Crippen MR) is 109 cm³/mol. The van der Waals surface area contributed by atoms with Gasteiger partial charge in [0.15, 0.2) is 0 Å². The minimum absolute atomic E-state index is 0.0818. The van der Waals surface area contributed by atoms with Crippen molar-refractivity contribution in [1.29, 1.82) is 0 Å². The van der Waals surface area contributed by atoms with Gasteiger partial charge in [-0.3, -0.25) is 9.69 Å². The van der Waals surface area contributed by atoms with Crippen molar-refractivity contribution < 1.29 is 27.8 Å². The first-order valence-electron chi connectivity index (χ1n) is 10.6. The fraction of sp³-hybridized carbons (Fsp3) is 0.500. The predicted octanol–water partition coefficient (Wildman–Crippen LogP) is 1.83. The van der Waals surface area contributed by atoms with Crippen LogP contribution < -0.4 is 5.32 Å². The number of hydrogen-bond donors (Lipinski definition) is 2. The van der Waals surface area contributed by atoms with Crippen LogP contribution in [0.5, 0.6) is 0 Å². The molecule has 0 bridgehead atoms. The molecule has 1 aromatic heterocycles. The normalized spacial score (nSPS) is 18.0. The number of rotatable bonds is 7. The molecule has 2 aliphatic rings. The number of nitrogens with one attached hydrogen (secondary N) is 1. The van der Waals surface area contributed by atoms with Crippen LogP contribution in [-0.2, 0) is 30.3 Å². The minimum atomic E-state index is -4.76. The van der Waals surface area contributed by atoms with Crippen molar-refractivity contribution in [2.24, 2.45) is 5.92 Å². The van der Waals surface area contributed by atoms with Crippen molar-refractivity contribution in [1.82, 2.24) is 20.2 Å². The Morgan fingerprint density at radius 3 is 2.69 bits per heavy atom. The molecule has 1 atom stereocenters. The molecule has 0 radical (unpaired) electrons. The molecule has 2 N–H and O–H groups in total. The average Bonchev–Trinajstić information content (AvgIpc) is 2.73. The van der Waals surface area contributed by atoms with E-state index in [9.17, 15) is 23.1 Å². The molecule has 172 valence electrons. The smallest absolute Gasteiger partial charge is 0.390 e. The number of carbonyl (C=O) groups excluding carboxylic acids is 1. The minimum Gasteiger partial charge on any atom is -0.390 e. The number of benzene rings is 1. The van der Waals surface area contributed by atoms with Crippen LogP contribution in [0.1, 0.15) is 33.1 Å². The van der Waals surface area contributed by atoms with Gasteiger partial charge in [0.05, 0.1) is 19.3 Å². The first-order valence-corrected chi connectivity index (χ1v) is 10.6. The zero-order valence-electron chi connectivity index (χ0n) is 17.4. The van der Waals surface area contributed by atoms with Gasteiger partial charge >= 0.3 is 6.18 Å². The maximum absolute atomic E-state index is 13.2. The fourth-order valence-corrected chi connectivity index (χ4v) is 3.92. The number of carbonyl (C=O) groups is 1. The second-order valence-corrected chi connectivity index (χ2v) is 8.29. The van der Waals surface area contributed by atoms with Gasteiger partial charge in [-0.05, 0) is 30.0 Å². The van der Waals surface area contributed by atoms with Crippen LogP contribution in [0.15, 0.2) is 30.3 Å². The second-order valence-electron chi connectivity index (χ2n) is 8.29. The van der Waals surface area contributed by atoms with Gasteiger partial charge in [-0.1, -0.05) is 24.3 Å². The van der Waals surface area contributed by atoms with Crippen molar-refractivity contribution in [3.63, 3.8) is 0 Å². The lowest BCUT2D eigenvalue weighted by Gasteiger charge is -2.30. The lowest BCUT2D eigenvalue weighted by Crippen LogP contribution is -2.42. The molecule has 1 saturated heterocycles. The Bertz CT molecular complexity index is 966. The summed E-state index contributed by atoms with van der Waals surface area (Å²) in [5, 5.41) is 12.9. The fourth-order valence-electron chi connectivity index (χ4n) is 3.92. The summed E-state index contributed by atoms with van der Waals surface area (Å²) in [7, 11) is 0. The summed E-state index contributed by atoms with van der Waals surface area (Å²) in [6, 6.07) is 9.39. The van der Waals surface area contributed by atoms with Crippen LogP contribution >= 0.6 is 0 Å². The number of aliphatic hydroxyl groups excluding tert-OH is 1. The Kier molecular flexibility index (Phi) is 6.73. The summed E-state index contributed by atoms with van der Waals surface area (Å²) in [6.45, 7) is 2.67. The Morgan fingerprint density at radius 2 is 2.00 bits per heavy atom. The summed E-state index contributed by atoms with van der Waals surface area (Å²) in [6.07, 6.45) is -4.46. The van der Waals surface area contributed by atoms with Gasteiger partial charge in [-0.2, -0.15) is 13.2 Å². The van der Waals surface area contributed by atoms with Crippen LogP contribution in [0.2, 0.25) is 0 Å².